The number of carboxylic acids is 1. The summed E-state index contributed by atoms with van der Waals surface area (Å²) in [5, 5.41) is 16.4. The highest BCUT2D eigenvalue weighted by Crippen LogP contribution is 2.17. The topological polar surface area (TPSA) is 110 Å². The highest BCUT2D eigenvalue weighted by molar-refractivity contribution is 5.95. The number of nitrogens with one attached hydrogen (secondary N) is 1. The van der Waals surface area contributed by atoms with Gasteiger partial charge in [-0.25, -0.2) is 14.8 Å². The van der Waals surface area contributed by atoms with Gasteiger partial charge in [0.15, 0.2) is 0 Å². The van der Waals surface area contributed by atoms with Crippen molar-refractivity contribution in [2.24, 2.45) is 0 Å². The van der Waals surface area contributed by atoms with Gasteiger partial charge in [-0.15, -0.1) is 0 Å². The average Bonchev–Trinajstić information content (AvgIpc) is 2.94. The van der Waals surface area contributed by atoms with E-state index in [1.807, 2.05) is 19.9 Å². The zero-order chi connectivity index (χ0) is 19.6. The van der Waals surface area contributed by atoms with Crippen LogP contribution >= 0.6 is 0 Å². The fourth-order valence-corrected chi connectivity index (χ4v) is 2.79. The van der Waals surface area contributed by atoms with Crippen LogP contribution in [0.5, 0.6) is 0 Å². The number of hydrogen-bond acceptors (Lipinski definition) is 5. The van der Waals surface area contributed by atoms with Gasteiger partial charge in [0.25, 0.3) is 5.95 Å². The summed E-state index contributed by atoms with van der Waals surface area (Å²) in [5.74, 6) is -0.630. The maximum absolute atomic E-state index is 12.5. The molecule has 3 rings (SSSR count). The van der Waals surface area contributed by atoms with E-state index in [0.717, 1.165) is 11.4 Å². The van der Waals surface area contributed by atoms with Crippen LogP contribution in [0.2, 0.25) is 0 Å². The smallest absolute Gasteiger partial charge is 0.335 e. The summed E-state index contributed by atoms with van der Waals surface area (Å²) in [7, 11) is 0. The molecule has 0 atom stereocenters. The Morgan fingerprint density at radius 3 is 2.37 bits per heavy atom. The molecule has 0 unspecified atom stereocenters. The molecule has 1 aromatic carbocycles. The number of anilines is 1. The van der Waals surface area contributed by atoms with Crippen molar-refractivity contribution in [3.05, 3.63) is 64.6 Å². The Labute approximate surface area is 155 Å². The zero-order valence-electron chi connectivity index (χ0n) is 15.2. The summed E-state index contributed by atoms with van der Waals surface area (Å²) in [6.07, 6.45) is -0.0690. The highest BCUT2D eigenvalue weighted by atomic mass is 16.4. The quantitative estimate of drug-likeness (QED) is 0.719. The highest BCUT2D eigenvalue weighted by Gasteiger charge is 2.16. The maximum Gasteiger partial charge on any atom is 0.335 e. The standard InChI is InChI=1S/C19H19N5O3/c1-11-8-12(2)21-19(20-11)24-16(9-13(3)23-24)22-17(25)10-14-6-4-5-7-15(14)18(26)27/h4-9H,10H2,1-3H3,(H,22,25)(H,26,27). The molecule has 2 aromatic heterocycles. The number of nitrogens with zero attached hydrogens (tertiary/aromatic N) is 4. The van der Waals surface area contributed by atoms with Crippen LogP contribution in [0, 0.1) is 20.8 Å². The molecule has 3 aromatic rings. The van der Waals surface area contributed by atoms with Gasteiger partial charge in [0.05, 0.1) is 17.7 Å². The summed E-state index contributed by atoms with van der Waals surface area (Å²) in [6, 6.07) is 9.98. The van der Waals surface area contributed by atoms with Gasteiger partial charge >= 0.3 is 5.97 Å². The van der Waals surface area contributed by atoms with Crippen LogP contribution < -0.4 is 5.32 Å². The molecule has 0 bridgehead atoms. The van der Waals surface area contributed by atoms with E-state index in [2.05, 4.69) is 20.4 Å². The van der Waals surface area contributed by atoms with Crippen LogP contribution in [0.1, 0.15) is 33.0 Å². The van der Waals surface area contributed by atoms with Crippen molar-refractivity contribution in [1.82, 2.24) is 19.7 Å². The molecule has 0 fully saturated rings. The van der Waals surface area contributed by atoms with E-state index in [0.29, 0.717) is 23.0 Å². The number of aromatic carboxylic acids is 1. The fourth-order valence-electron chi connectivity index (χ4n) is 2.79. The zero-order valence-corrected chi connectivity index (χ0v) is 15.2. The maximum atomic E-state index is 12.5. The van der Waals surface area contributed by atoms with Gasteiger partial charge in [-0.1, -0.05) is 18.2 Å². The minimum Gasteiger partial charge on any atom is -0.478 e. The van der Waals surface area contributed by atoms with Crippen LogP contribution in [0.4, 0.5) is 5.82 Å². The number of carbonyl (C=O) groups is 2. The SMILES string of the molecule is Cc1cc(C)nc(-n2nc(C)cc2NC(=O)Cc2ccccc2C(=O)O)n1. The summed E-state index contributed by atoms with van der Waals surface area (Å²) in [4.78, 5) is 32.5. The van der Waals surface area contributed by atoms with Crippen molar-refractivity contribution in [3.63, 3.8) is 0 Å². The summed E-state index contributed by atoms with van der Waals surface area (Å²) in [6.45, 7) is 5.51. The number of carboxylic acid groups (broad SMARTS) is 1. The number of rotatable bonds is 5. The summed E-state index contributed by atoms with van der Waals surface area (Å²) in [5.41, 5.74) is 2.82. The van der Waals surface area contributed by atoms with E-state index >= 15 is 0 Å². The molecule has 138 valence electrons. The summed E-state index contributed by atoms with van der Waals surface area (Å²) >= 11 is 0. The van der Waals surface area contributed by atoms with Gasteiger partial charge in [0.2, 0.25) is 5.91 Å². The molecule has 2 heterocycles. The fraction of sp³-hybridized carbons (Fsp3) is 0.211. The number of hydrogen-bond donors (Lipinski definition) is 2. The van der Waals surface area contributed by atoms with Crippen molar-refractivity contribution < 1.29 is 14.7 Å². The first kappa shape index (κ1) is 18.2. The summed E-state index contributed by atoms with van der Waals surface area (Å²) < 4.78 is 1.47. The lowest BCUT2D eigenvalue weighted by Gasteiger charge is -2.10. The molecular formula is C19H19N5O3. The second-order valence-corrected chi connectivity index (χ2v) is 6.22. The molecule has 8 nitrogen and oxygen atoms in total. The number of carbonyl (C=O) groups excluding carboxylic acids is 1. The first-order valence-corrected chi connectivity index (χ1v) is 8.34. The second-order valence-electron chi connectivity index (χ2n) is 6.22. The minimum absolute atomic E-state index is 0.0690. The van der Waals surface area contributed by atoms with Crippen LogP contribution in [0.3, 0.4) is 0 Å². The van der Waals surface area contributed by atoms with E-state index in [1.54, 1.807) is 31.2 Å². The third-order valence-corrected chi connectivity index (χ3v) is 3.86. The number of benzene rings is 1. The van der Waals surface area contributed by atoms with E-state index in [-0.39, 0.29) is 17.9 Å². The lowest BCUT2D eigenvalue weighted by molar-refractivity contribution is -0.115. The Hall–Kier alpha value is -3.55. The number of amides is 1. The molecule has 0 aliphatic heterocycles. The Balaban J connectivity index is 1.86. The average molecular weight is 365 g/mol. The molecule has 0 saturated carbocycles. The minimum atomic E-state index is -1.07. The predicted octanol–water partition coefficient (Wildman–Crippen LogP) is 2.47. The first-order valence-electron chi connectivity index (χ1n) is 8.34. The molecule has 0 radical (unpaired) electrons. The molecular weight excluding hydrogens is 346 g/mol. The third-order valence-electron chi connectivity index (χ3n) is 3.86. The van der Waals surface area contributed by atoms with Gasteiger partial charge in [0.1, 0.15) is 5.82 Å². The molecule has 2 N–H and O–H groups in total. The van der Waals surface area contributed by atoms with E-state index in [9.17, 15) is 14.7 Å². The van der Waals surface area contributed by atoms with Crippen LogP contribution in [-0.4, -0.2) is 36.7 Å². The molecule has 0 aliphatic rings. The number of aryl methyl sites for hydroxylation is 3. The van der Waals surface area contributed by atoms with Crippen LogP contribution in [0.15, 0.2) is 36.4 Å². The van der Waals surface area contributed by atoms with Gasteiger partial charge in [-0.2, -0.15) is 9.78 Å². The largest absolute Gasteiger partial charge is 0.478 e. The third kappa shape index (κ3) is 4.17. The normalized spacial score (nSPS) is 10.6. The van der Waals surface area contributed by atoms with Crippen molar-refractivity contribution >= 4 is 17.7 Å². The molecule has 1 amide bonds. The van der Waals surface area contributed by atoms with Crippen molar-refractivity contribution in [1.29, 1.82) is 0 Å². The Kier molecular flexibility index (Phi) is 4.98. The first-order chi connectivity index (χ1) is 12.8. The van der Waals surface area contributed by atoms with Crippen LogP contribution in [-0.2, 0) is 11.2 Å². The molecule has 0 spiro atoms. The monoisotopic (exact) mass is 365 g/mol. The molecule has 8 heteroatoms. The van der Waals surface area contributed by atoms with Crippen LogP contribution in [0.25, 0.3) is 5.95 Å². The van der Waals surface area contributed by atoms with Gasteiger partial charge < -0.3 is 10.4 Å². The van der Waals surface area contributed by atoms with Gasteiger partial charge in [-0.05, 0) is 38.5 Å². The lowest BCUT2D eigenvalue weighted by Crippen LogP contribution is -2.19. The lowest BCUT2D eigenvalue weighted by atomic mass is 10.0. The van der Waals surface area contributed by atoms with E-state index in [4.69, 9.17) is 0 Å². The van der Waals surface area contributed by atoms with Gasteiger partial charge in [-0.3, -0.25) is 4.79 Å². The Morgan fingerprint density at radius 2 is 1.70 bits per heavy atom. The Morgan fingerprint density at radius 1 is 1.04 bits per heavy atom. The van der Waals surface area contributed by atoms with E-state index < -0.39 is 5.97 Å². The van der Waals surface area contributed by atoms with E-state index in [1.165, 1.54) is 10.7 Å². The molecule has 0 saturated heterocycles. The van der Waals surface area contributed by atoms with Crippen molar-refractivity contribution in [2.45, 2.75) is 27.2 Å². The molecule has 27 heavy (non-hydrogen) atoms. The van der Waals surface area contributed by atoms with Crippen molar-refractivity contribution in [3.8, 4) is 5.95 Å². The predicted molar refractivity (Wildman–Crippen MR) is 99.1 cm³/mol. The van der Waals surface area contributed by atoms with Crippen molar-refractivity contribution in [2.75, 3.05) is 5.32 Å². The molecule has 0 aliphatic carbocycles. The second kappa shape index (κ2) is 7.36. The van der Waals surface area contributed by atoms with Gasteiger partial charge in [0, 0.05) is 17.5 Å². The Bertz CT molecular complexity index is 1010. The number of aromatic nitrogens is 4.